The maximum atomic E-state index is 11.3. The molecule has 7 nitrogen and oxygen atoms in total. The first-order chi connectivity index (χ1) is 7.47. The number of amides is 3. The van der Waals surface area contributed by atoms with Crippen LogP contribution in [-0.4, -0.2) is 37.5 Å². The van der Waals surface area contributed by atoms with E-state index < -0.39 is 11.9 Å². The van der Waals surface area contributed by atoms with Crippen LogP contribution in [0.4, 0.5) is 15.6 Å². The van der Waals surface area contributed by atoms with Gasteiger partial charge in [-0.25, -0.2) is 4.79 Å². The van der Waals surface area contributed by atoms with E-state index in [0.29, 0.717) is 10.8 Å². The Kier molecular flexibility index (Phi) is 3.67. The molecule has 8 heteroatoms. The molecule has 0 radical (unpaired) electrons. The molecule has 0 saturated heterocycles. The van der Waals surface area contributed by atoms with Crippen molar-refractivity contribution in [3.05, 3.63) is 5.56 Å². The molecule has 0 atom stereocenters. The Hall–Kier alpha value is -1.83. The Labute approximate surface area is 96.8 Å². The highest BCUT2D eigenvalue weighted by atomic mass is 32.1. The Morgan fingerprint density at radius 2 is 2.06 bits per heavy atom. The summed E-state index contributed by atoms with van der Waals surface area (Å²) < 4.78 is 4.05. The summed E-state index contributed by atoms with van der Waals surface area (Å²) in [4.78, 5) is 24.1. The summed E-state index contributed by atoms with van der Waals surface area (Å²) in [5, 5.41) is 5.22. The standard InChI is InChI=1S/C8H13N5O2S/c1-10-8(15)11-7-4(5(9)14)6(12-16-7)13(2)3/h1-3H3,(H2,9,14)(H2,10,11,15). The van der Waals surface area contributed by atoms with Crippen LogP contribution in [0.1, 0.15) is 10.4 Å². The van der Waals surface area contributed by atoms with Gasteiger partial charge in [-0.15, -0.1) is 0 Å². The average Bonchev–Trinajstić information content (AvgIpc) is 2.61. The van der Waals surface area contributed by atoms with Crippen LogP contribution in [0.3, 0.4) is 0 Å². The minimum atomic E-state index is -0.621. The number of anilines is 2. The molecule has 1 aromatic heterocycles. The van der Waals surface area contributed by atoms with Crippen molar-refractivity contribution < 1.29 is 9.59 Å². The van der Waals surface area contributed by atoms with E-state index in [-0.39, 0.29) is 5.56 Å². The first kappa shape index (κ1) is 12.2. The predicted octanol–water partition coefficient (Wildman–Crippen LogP) is 0.0593. The van der Waals surface area contributed by atoms with Gasteiger partial charge in [0.15, 0.2) is 5.82 Å². The maximum Gasteiger partial charge on any atom is 0.319 e. The summed E-state index contributed by atoms with van der Waals surface area (Å²) in [5.41, 5.74) is 5.47. The van der Waals surface area contributed by atoms with Gasteiger partial charge in [0, 0.05) is 21.1 Å². The van der Waals surface area contributed by atoms with E-state index in [9.17, 15) is 9.59 Å². The van der Waals surface area contributed by atoms with Gasteiger partial charge in [-0.05, 0) is 11.5 Å². The fourth-order valence-corrected chi connectivity index (χ4v) is 1.91. The Balaban J connectivity index is 3.10. The van der Waals surface area contributed by atoms with Crippen molar-refractivity contribution in [2.24, 2.45) is 5.73 Å². The van der Waals surface area contributed by atoms with Gasteiger partial charge in [0.2, 0.25) is 0 Å². The molecule has 0 aliphatic carbocycles. The van der Waals surface area contributed by atoms with Crippen LogP contribution < -0.4 is 21.3 Å². The number of primary amides is 1. The van der Waals surface area contributed by atoms with Gasteiger partial charge in [-0.3, -0.25) is 10.1 Å². The maximum absolute atomic E-state index is 11.3. The van der Waals surface area contributed by atoms with Gasteiger partial charge in [-0.2, -0.15) is 4.37 Å². The molecule has 0 aliphatic heterocycles. The second kappa shape index (κ2) is 4.79. The second-order valence-corrected chi connectivity index (χ2v) is 3.95. The van der Waals surface area contributed by atoms with Crippen LogP contribution in [0.2, 0.25) is 0 Å². The van der Waals surface area contributed by atoms with Crippen LogP contribution in [0.5, 0.6) is 0 Å². The molecular weight excluding hydrogens is 230 g/mol. The van der Waals surface area contributed by atoms with Crippen LogP contribution >= 0.6 is 11.5 Å². The van der Waals surface area contributed by atoms with Crippen LogP contribution in [0.25, 0.3) is 0 Å². The quantitative estimate of drug-likeness (QED) is 0.698. The Bertz CT molecular complexity index is 415. The topological polar surface area (TPSA) is 100 Å². The number of nitrogens with one attached hydrogen (secondary N) is 2. The first-order valence-electron chi connectivity index (χ1n) is 4.43. The zero-order valence-electron chi connectivity index (χ0n) is 9.20. The summed E-state index contributed by atoms with van der Waals surface area (Å²) >= 11 is 1.01. The number of hydrogen-bond donors (Lipinski definition) is 3. The molecule has 16 heavy (non-hydrogen) atoms. The largest absolute Gasteiger partial charge is 0.365 e. The molecule has 0 saturated carbocycles. The molecule has 0 spiro atoms. The Morgan fingerprint density at radius 1 is 1.44 bits per heavy atom. The summed E-state index contributed by atoms with van der Waals surface area (Å²) in [6.07, 6.45) is 0. The first-order valence-corrected chi connectivity index (χ1v) is 5.20. The van der Waals surface area contributed by atoms with Gasteiger partial charge in [0.1, 0.15) is 10.6 Å². The fraction of sp³-hybridized carbons (Fsp3) is 0.375. The molecular formula is C8H13N5O2S. The van der Waals surface area contributed by atoms with Crippen molar-refractivity contribution in [3.8, 4) is 0 Å². The van der Waals surface area contributed by atoms with Gasteiger partial charge >= 0.3 is 6.03 Å². The third-order valence-corrected chi connectivity index (χ3v) is 2.55. The zero-order chi connectivity index (χ0) is 12.3. The third-order valence-electron chi connectivity index (χ3n) is 1.80. The summed E-state index contributed by atoms with van der Waals surface area (Å²) in [6.45, 7) is 0. The molecule has 1 rings (SSSR count). The zero-order valence-corrected chi connectivity index (χ0v) is 10.0. The minimum absolute atomic E-state index is 0.221. The molecule has 0 aromatic carbocycles. The molecule has 3 amide bonds. The second-order valence-electron chi connectivity index (χ2n) is 3.17. The average molecular weight is 243 g/mol. The van der Waals surface area contributed by atoms with Gasteiger partial charge in [0.05, 0.1) is 0 Å². The third kappa shape index (κ3) is 2.40. The van der Waals surface area contributed by atoms with Gasteiger partial charge < -0.3 is 16.0 Å². The number of carbonyl (C=O) groups excluding carboxylic acids is 2. The van der Waals surface area contributed by atoms with Crippen molar-refractivity contribution in [3.63, 3.8) is 0 Å². The lowest BCUT2D eigenvalue weighted by atomic mass is 10.3. The highest BCUT2D eigenvalue weighted by Crippen LogP contribution is 2.29. The minimum Gasteiger partial charge on any atom is -0.365 e. The monoisotopic (exact) mass is 243 g/mol. The lowest BCUT2D eigenvalue weighted by Crippen LogP contribution is -2.26. The van der Waals surface area contributed by atoms with E-state index in [2.05, 4.69) is 15.0 Å². The number of nitrogens with two attached hydrogens (primary N) is 1. The van der Waals surface area contributed by atoms with E-state index in [1.165, 1.54) is 7.05 Å². The Morgan fingerprint density at radius 3 is 2.50 bits per heavy atom. The highest BCUT2D eigenvalue weighted by molar-refractivity contribution is 7.11. The number of aromatic nitrogens is 1. The molecule has 4 N–H and O–H groups in total. The van der Waals surface area contributed by atoms with Crippen LogP contribution in [0.15, 0.2) is 0 Å². The van der Waals surface area contributed by atoms with E-state index in [1.54, 1.807) is 19.0 Å². The number of urea groups is 1. The SMILES string of the molecule is CNC(=O)Nc1snc(N(C)C)c1C(N)=O. The van der Waals surface area contributed by atoms with Crippen molar-refractivity contribution in [1.29, 1.82) is 0 Å². The van der Waals surface area contributed by atoms with E-state index >= 15 is 0 Å². The molecule has 1 aromatic rings. The van der Waals surface area contributed by atoms with E-state index in [0.717, 1.165) is 11.5 Å². The lowest BCUT2D eigenvalue weighted by Gasteiger charge is -2.10. The number of rotatable bonds is 3. The van der Waals surface area contributed by atoms with Crippen molar-refractivity contribution >= 4 is 34.3 Å². The number of hydrogen-bond acceptors (Lipinski definition) is 5. The lowest BCUT2D eigenvalue weighted by molar-refractivity contribution is 0.100. The molecule has 0 aliphatic rings. The fourth-order valence-electron chi connectivity index (χ4n) is 1.06. The smallest absolute Gasteiger partial charge is 0.319 e. The molecule has 1 heterocycles. The molecule has 88 valence electrons. The van der Waals surface area contributed by atoms with Crippen molar-refractivity contribution in [2.75, 3.05) is 31.4 Å². The van der Waals surface area contributed by atoms with Crippen molar-refractivity contribution in [2.45, 2.75) is 0 Å². The number of nitrogens with zero attached hydrogens (tertiary/aromatic N) is 2. The predicted molar refractivity (Wildman–Crippen MR) is 63.0 cm³/mol. The van der Waals surface area contributed by atoms with Gasteiger partial charge in [-0.1, -0.05) is 0 Å². The van der Waals surface area contributed by atoms with E-state index in [4.69, 9.17) is 5.73 Å². The molecule has 0 bridgehead atoms. The number of carbonyl (C=O) groups is 2. The van der Waals surface area contributed by atoms with E-state index in [1.807, 2.05) is 0 Å². The summed E-state index contributed by atoms with van der Waals surface area (Å²) in [6, 6.07) is -0.420. The van der Waals surface area contributed by atoms with Crippen LogP contribution in [0, 0.1) is 0 Å². The van der Waals surface area contributed by atoms with Crippen molar-refractivity contribution in [1.82, 2.24) is 9.69 Å². The van der Waals surface area contributed by atoms with Gasteiger partial charge in [0.25, 0.3) is 5.91 Å². The van der Waals surface area contributed by atoms with Crippen LogP contribution in [-0.2, 0) is 0 Å². The molecule has 0 unspecified atom stereocenters. The normalized spacial score (nSPS) is 9.69. The summed E-state index contributed by atoms with van der Waals surface area (Å²) in [7, 11) is 4.96. The molecule has 0 fully saturated rings. The highest BCUT2D eigenvalue weighted by Gasteiger charge is 2.21. The summed E-state index contributed by atoms with van der Waals surface area (Å²) in [5.74, 6) is -0.173.